The molecule has 0 spiro atoms. The zero-order valence-corrected chi connectivity index (χ0v) is 16.1. The molecule has 2 rings (SSSR count). The average Bonchev–Trinajstić information content (AvgIpc) is 3.05. The third kappa shape index (κ3) is 6.78. The van der Waals surface area contributed by atoms with Gasteiger partial charge in [-0.25, -0.2) is 13.1 Å². The van der Waals surface area contributed by atoms with Crippen LogP contribution in [0.15, 0.2) is 29.2 Å². The van der Waals surface area contributed by atoms with Gasteiger partial charge in [0.15, 0.2) is 0 Å². The van der Waals surface area contributed by atoms with Crippen molar-refractivity contribution in [1.82, 2.24) is 10.0 Å². The van der Waals surface area contributed by atoms with E-state index >= 15 is 0 Å². The molecule has 0 radical (unpaired) electrons. The number of aryl methyl sites for hydroxylation is 1. The minimum Gasteiger partial charge on any atom is -0.356 e. The lowest BCUT2D eigenvalue weighted by Crippen LogP contribution is -2.32. The van der Waals surface area contributed by atoms with Crippen LogP contribution in [0.25, 0.3) is 0 Å². The number of carbonyl (C=O) groups excluding carboxylic acids is 1. The minimum atomic E-state index is -3.44. The van der Waals surface area contributed by atoms with Gasteiger partial charge in [-0.1, -0.05) is 38.8 Å². The van der Waals surface area contributed by atoms with Crippen LogP contribution in [-0.2, 0) is 21.2 Å². The van der Waals surface area contributed by atoms with Crippen LogP contribution in [0.5, 0.6) is 0 Å². The van der Waals surface area contributed by atoms with E-state index in [0.717, 1.165) is 37.7 Å². The van der Waals surface area contributed by atoms with Gasteiger partial charge in [-0.2, -0.15) is 0 Å². The Hall–Kier alpha value is -1.40. The number of rotatable bonds is 9. The first-order chi connectivity index (χ1) is 11.9. The lowest BCUT2D eigenvalue weighted by atomic mass is 10.1. The fourth-order valence-electron chi connectivity index (χ4n) is 3.01. The van der Waals surface area contributed by atoms with Gasteiger partial charge in [0.1, 0.15) is 0 Å². The highest BCUT2D eigenvalue weighted by atomic mass is 32.2. The maximum atomic E-state index is 12.4. The second-order valence-corrected chi connectivity index (χ2v) is 8.99. The molecule has 1 fully saturated rings. The molecule has 1 aliphatic carbocycles. The summed E-state index contributed by atoms with van der Waals surface area (Å²) in [7, 11) is -3.44. The highest BCUT2D eigenvalue weighted by Gasteiger charge is 2.22. The summed E-state index contributed by atoms with van der Waals surface area (Å²) >= 11 is 0. The van der Waals surface area contributed by atoms with Gasteiger partial charge in [0.05, 0.1) is 4.90 Å². The normalized spacial score (nSPS) is 15.6. The standard InChI is InChI=1S/C19H30N2O3S/c1-15(2)13-14-20-19(22)12-9-16-7-10-18(11-8-16)25(23,24)21-17-5-3-4-6-17/h7-8,10-11,15,17,21H,3-6,9,12-14H2,1-2H3,(H,20,22). The van der Waals surface area contributed by atoms with Gasteiger partial charge in [0, 0.05) is 19.0 Å². The minimum absolute atomic E-state index is 0.0419. The molecular weight excluding hydrogens is 336 g/mol. The number of carbonyl (C=O) groups is 1. The third-order valence-electron chi connectivity index (χ3n) is 4.60. The molecule has 0 saturated heterocycles. The molecular formula is C19H30N2O3S. The number of benzene rings is 1. The molecule has 1 aromatic carbocycles. The van der Waals surface area contributed by atoms with E-state index in [2.05, 4.69) is 23.9 Å². The van der Waals surface area contributed by atoms with Gasteiger partial charge in [-0.05, 0) is 49.3 Å². The van der Waals surface area contributed by atoms with Crippen LogP contribution in [0.1, 0.15) is 57.9 Å². The van der Waals surface area contributed by atoms with E-state index in [-0.39, 0.29) is 11.9 Å². The lowest BCUT2D eigenvalue weighted by molar-refractivity contribution is -0.121. The van der Waals surface area contributed by atoms with Crippen molar-refractivity contribution in [2.24, 2.45) is 5.92 Å². The van der Waals surface area contributed by atoms with E-state index in [1.54, 1.807) is 24.3 Å². The quantitative estimate of drug-likeness (QED) is 0.705. The molecule has 0 unspecified atom stereocenters. The maximum absolute atomic E-state index is 12.4. The summed E-state index contributed by atoms with van der Waals surface area (Å²) in [6.45, 7) is 4.97. The molecule has 140 valence electrons. The van der Waals surface area contributed by atoms with Crippen LogP contribution < -0.4 is 10.0 Å². The molecule has 25 heavy (non-hydrogen) atoms. The summed E-state index contributed by atoms with van der Waals surface area (Å²) in [5, 5.41) is 2.92. The second-order valence-electron chi connectivity index (χ2n) is 7.28. The molecule has 5 nitrogen and oxygen atoms in total. The smallest absolute Gasteiger partial charge is 0.240 e. The van der Waals surface area contributed by atoms with E-state index in [0.29, 0.717) is 30.2 Å². The fraction of sp³-hybridized carbons (Fsp3) is 0.632. The number of sulfonamides is 1. The van der Waals surface area contributed by atoms with Gasteiger partial charge in [-0.15, -0.1) is 0 Å². The van der Waals surface area contributed by atoms with Crippen LogP contribution in [0.3, 0.4) is 0 Å². The van der Waals surface area contributed by atoms with Crippen molar-refractivity contribution >= 4 is 15.9 Å². The number of hydrogen-bond donors (Lipinski definition) is 2. The van der Waals surface area contributed by atoms with Crippen molar-refractivity contribution in [1.29, 1.82) is 0 Å². The zero-order chi connectivity index (χ0) is 18.3. The fourth-order valence-corrected chi connectivity index (χ4v) is 4.32. The van der Waals surface area contributed by atoms with Gasteiger partial charge < -0.3 is 5.32 Å². The predicted octanol–water partition coefficient (Wildman–Crippen LogP) is 3.00. The Kier molecular flexibility index (Phi) is 7.44. The molecule has 1 amide bonds. The molecule has 0 aliphatic heterocycles. The molecule has 1 aromatic rings. The third-order valence-corrected chi connectivity index (χ3v) is 6.13. The van der Waals surface area contributed by atoms with Crippen molar-refractivity contribution in [2.75, 3.05) is 6.54 Å². The summed E-state index contributed by atoms with van der Waals surface area (Å²) in [6.07, 6.45) is 6.03. The highest BCUT2D eigenvalue weighted by molar-refractivity contribution is 7.89. The summed E-state index contributed by atoms with van der Waals surface area (Å²) in [6, 6.07) is 6.92. The lowest BCUT2D eigenvalue weighted by Gasteiger charge is -2.13. The van der Waals surface area contributed by atoms with Crippen molar-refractivity contribution in [3.63, 3.8) is 0 Å². The van der Waals surface area contributed by atoms with E-state index in [1.807, 2.05) is 0 Å². The van der Waals surface area contributed by atoms with Crippen LogP contribution in [0.4, 0.5) is 0 Å². The van der Waals surface area contributed by atoms with E-state index in [9.17, 15) is 13.2 Å². The summed E-state index contributed by atoms with van der Waals surface area (Å²) in [5.41, 5.74) is 0.971. The average molecular weight is 367 g/mol. The summed E-state index contributed by atoms with van der Waals surface area (Å²) < 4.78 is 27.5. The largest absolute Gasteiger partial charge is 0.356 e. The molecule has 6 heteroatoms. The molecule has 1 aliphatic rings. The van der Waals surface area contributed by atoms with Crippen molar-refractivity contribution in [2.45, 2.75) is 69.7 Å². The topological polar surface area (TPSA) is 75.3 Å². The van der Waals surface area contributed by atoms with Gasteiger partial charge >= 0.3 is 0 Å². The highest BCUT2D eigenvalue weighted by Crippen LogP contribution is 2.20. The Morgan fingerprint density at radius 3 is 2.40 bits per heavy atom. The Bertz CT molecular complexity index is 648. The van der Waals surface area contributed by atoms with Crippen LogP contribution >= 0.6 is 0 Å². The number of hydrogen-bond acceptors (Lipinski definition) is 3. The van der Waals surface area contributed by atoms with Crippen molar-refractivity contribution in [3.8, 4) is 0 Å². The number of amides is 1. The zero-order valence-electron chi connectivity index (χ0n) is 15.3. The molecule has 1 saturated carbocycles. The predicted molar refractivity (Wildman–Crippen MR) is 99.8 cm³/mol. The second kappa shape index (κ2) is 9.34. The molecule has 0 aromatic heterocycles. The van der Waals surface area contributed by atoms with Crippen molar-refractivity contribution in [3.05, 3.63) is 29.8 Å². The van der Waals surface area contributed by atoms with Gasteiger partial charge in [-0.3, -0.25) is 4.79 Å². The first-order valence-corrected chi connectivity index (χ1v) is 10.7. The molecule has 0 heterocycles. The summed E-state index contributed by atoms with van der Waals surface area (Å²) in [4.78, 5) is 12.1. The first-order valence-electron chi connectivity index (χ1n) is 9.25. The molecule has 0 bridgehead atoms. The summed E-state index contributed by atoms with van der Waals surface area (Å²) in [5.74, 6) is 0.618. The maximum Gasteiger partial charge on any atom is 0.240 e. The first kappa shape index (κ1) is 19.9. The Morgan fingerprint density at radius 2 is 1.80 bits per heavy atom. The monoisotopic (exact) mass is 366 g/mol. The van der Waals surface area contributed by atoms with E-state index < -0.39 is 10.0 Å². The Morgan fingerprint density at radius 1 is 1.16 bits per heavy atom. The van der Waals surface area contributed by atoms with Crippen molar-refractivity contribution < 1.29 is 13.2 Å². The van der Waals surface area contributed by atoms with E-state index in [1.165, 1.54) is 0 Å². The Labute approximate surface area is 151 Å². The van der Waals surface area contributed by atoms with Crippen LogP contribution in [-0.4, -0.2) is 26.9 Å². The molecule has 2 N–H and O–H groups in total. The number of nitrogens with one attached hydrogen (secondary N) is 2. The van der Waals surface area contributed by atoms with Crippen LogP contribution in [0, 0.1) is 5.92 Å². The van der Waals surface area contributed by atoms with Crippen LogP contribution in [0.2, 0.25) is 0 Å². The van der Waals surface area contributed by atoms with Gasteiger partial charge in [0.25, 0.3) is 0 Å². The molecule has 0 atom stereocenters. The SMILES string of the molecule is CC(C)CCNC(=O)CCc1ccc(S(=O)(=O)NC2CCCC2)cc1. The Balaban J connectivity index is 1.81. The van der Waals surface area contributed by atoms with E-state index in [4.69, 9.17) is 0 Å². The van der Waals surface area contributed by atoms with Gasteiger partial charge in [0.2, 0.25) is 15.9 Å².